The van der Waals surface area contributed by atoms with E-state index in [2.05, 4.69) is 9.82 Å². The van der Waals surface area contributed by atoms with Crippen LogP contribution in [-0.4, -0.2) is 18.2 Å². The predicted octanol–water partition coefficient (Wildman–Crippen LogP) is 0.741. The van der Waals surface area contributed by atoms with Crippen molar-refractivity contribution in [2.75, 3.05) is 4.72 Å². The summed E-state index contributed by atoms with van der Waals surface area (Å²) in [5.74, 6) is 0.424. The molecule has 0 saturated carbocycles. The minimum absolute atomic E-state index is 0.249. The Kier molecular flexibility index (Phi) is 3.18. The summed E-state index contributed by atoms with van der Waals surface area (Å²) in [6.45, 7) is 0.339. The molecule has 0 fully saturated rings. The number of rotatable bonds is 4. The number of sulfonamides is 1. The second kappa shape index (κ2) is 4.47. The lowest BCUT2D eigenvalue weighted by Crippen LogP contribution is -2.14. The maximum Gasteiger partial charge on any atom is 0.272 e. The van der Waals surface area contributed by atoms with Crippen LogP contribution in [-0.2, 0) is 23.6 Å². The highest BCUT2D eigenvalue weighted by atomic mass is 32.2. The number of nitrogens with two attached hydrogens (primary N) is 1. The first-order chi connectivity index (χ1) is 8.03. The highest BCUT2D eigenvalue weighted by molar-refractivity contribution is 7.94. The van der Waals surface area contributed by atoms with E-state index in [1.165, 1.54) is 10.9 Å². The van der Waals surface area contributed by atoms with Gasteiger partial charge in [0, 0.05) is 24.5 Å². The summed E-state index contributed by atoms with van der Waals surface area (Å²) in [4.78, 5) is 0.829. The van der Waals surface area contributed by atoms with Gasteiger partial charge in [-0.1, -0.05) is 0 Å². The predicted molar refractivity (Wildman–Crippen MR) is 66.2 cm³/mol. The van der Waals surface area contributed by atoms with Crippen LogP contribution in [0.15, 0.2) is 28.6 Å². The third kappa shape index (κ3) is 2.48. The molecule has 0 aliphatic heterocycles. The summed E-state index contributed by atoms with van der Waals surface area (Å²) in [7, 11) is -1.88. The summed E-state index contributed by atoms with van der Waals surface area (Å²) in [5.41, 5.74) is 5.45. The molecule has 2 aromatic rings. The van der Waals surface area contributed by atoms with E-state index < -0.39 is 10.0 Å². The Hall–Kier alpha value is -1.38. The van der Waals surface area contributed by atoms with E-state index in [9.17, 15) is 8.42 Å². The molecule has 0 unspecified atom stereocenters. The minimum atomic E-state index is -3.54. The molecule has 6 nitrogen and oxygen atoms in total. The zero-order valence-corrected chi connectivity index (χ0v) is 10.8. The number of thiophene rings is 1. The number of aryl methyl sites for hydroxylation is 1. The van der Waals surface area contributed by atoms with Crippen molar-refractivity contribution in [3.05, 3.63) is 29.3 Å². The largest absolute Gasteiger partial charge is 0.326 e. The Morgan fingerprint density at radius 3 is 2.76 bits per heavy atom. The number of anilines is 1. The van der Waals surface area contributed by atoms with E-state index >= 15 is 0 Å². The van der Waals surface area contributed by atoms with Gasteiger partial charge in [0.25, 0.3) is 10.0 Å². The highest BCUT2D eigenvalue weighted by Gasteiger charge is 2.17. The Bertz CT molecular complexity index is 614. The van der Waals surface area contributed by atoms with Crippen LogP contribution in [0.25, 0.3) is 0 Å². The van der Waals surface area contributed by atoms with E-state index in [1.54, 1.807) is 25.2 Å². The fraction of sp³-hybridized carbons (Fsp3) is 0.222. The quantitative estimate of drug-likeness (QED) is 0.859. The van der Waals surface area contributed by atoms with Gasteiger partial charge in [-0.15, -0.1) is 11.3 Å². The van der Waals surface area contributed by atoms with Crippen LogP contribution in [0.2, 0.25) is 0 Å². The summed E-state index contributed by atoms with van der Waals surface area (Å²) in [5, 5.41) is 3.89. The van der Waals surface area contributed by atoms with Crippen molar-refractivity contribution >= 4 is 27.2 Å². The SMILES string of the molecule is Cn1nccc1NS(=O)(=O)c1ccc(CN)s1. The number of aromatic nitrogens is 2. The van der Waals surface area contributed by atoms with Gasteiger partial charge in [-0.25, -0.2) is 8.42 Å². The van der Waals surface area contributed by atoms with Gasteiger partial charge in [0.05, 0.1) is 6.20 Å². The van der Waals surface area contributed by atoms with Crippen LogP contribution in [0, 0.1) is 0 Å². The number of hydrogen-bond donors (Lipinski definition) is 2. The van der Waals surface area contributed by atoms with Crippen LogP contribution in [0.1, 0.15) is 4.88 Å². The molecule has 0 spiro atoms. The Balaban J connectivity index is 2.28. The first kappa shape index (κ1) is 12.1. The van der Waals surface area contributed by atoms with Gasteiger partial charge in [0.1, 0.15) is 10.0 Å². The molecule has 0 atom stereocenters. The fourth-order valence-corrected chi connectivity index (χ4v) is 3.60. The first-order valence-electron chi connectivity index (χ1n) is 4.82. The molecule has 0 amide bonds. The Labute approximate surface area is 103 Å². The average molecular weight is 272 g/mol. The van der Waals surface area contributed by atoms with E-state index in [1.807, 2.05) is 0 Å². The molecule has 92 valence electrons. The standard InChI is InChI=1S/C9H12N4O2S2/c1-13-8(4-5-11-13)12-17(14,15)9-3-2-7(6-10)16-9/h2-5,12H,6,10H2,1H3. The van der Waals surface area contributed by atoms with Gasteiger partial charge >= 0.3 is 0 Å². The van der Waals surface area contributed by atoms with Crippen molar-refractivity contribution in [3.8, 4) is 0 Å². The fourth-order valence-electron chi connectivity index (χ4n) is 1.27. The van der Waals surface area contributed by atoms with E-state index in [-0.39, 0.29) is 4.21 Å². The second-order valence-corrected chi connectivity index (χ2v) is 6.45. The van der Waals surface area contributed by atoms with Gasteiger partial charge < -0.3 is 5.73 Å². The molecule has 0 bridgehead atoms. The third-order valence-electron chi connectivity index (χ3n) is 2.16. The molecule has 2 aromatic heterocycles. The van der Waals surface area contributed by atoms with E-state index in [4.69, 9.17) is 5.73 Å². The first-order valence-corrected chi connectivity index (χ1v) is 7.12. The highest BCUT2D eigenvalue weighted by Crippen LogP contribution is 2.23. The summed E-state index contributed by atoms with van der Waals surface area (Å²) < 4.78 is 28.2. The molecule has 17 heavy (non-hydrogen) atoms. The van der Waals surface area contributed by atoms with Crippen LogP contribution < -0.4 is 10.5 Å². The molecule has 0 saturated heterocycles. The lowest BCUT2D eigenvalue weighted by atomic mass is 10.5. The topological polar surface area (TPSA) is 90.0 Å². The molecule has 0 aromatic carbocycles. The summed E-state index contributed by atoms with van der Waals surface area (Å²) in [6, 6.07) is 4.85. The van der Waals surface area contributed by atoms with E-state index in [0.29, 0.717) is 12.4 Å². The van der Waals surface area contributed by atoms with Gasteiger partial charge in [-0.2, -0.15) is 5.10 Å². The Morgan fingerprint density at radius 1 is 1.47 bits per heavy atom. The van der Waals surface area contributed by atoms with Crippen molar-refractivity contribution in [1.82, 2.24) is 9.78 Å². The average Bonchev–Trinajstić information content (AvgIpc) is 2.88. The van der Waals surface area contributed by atoms with Crippen molar-refractivity contribution in [1.29, 1.82) is 0 Å². The van der Waals surface area contributed by atoms with Crippen molar-refractivity contribution in [3.63, 3.8) is 0 Å². The number of nitrogens with zero attached hydrogens (tertiary/aromatic N) is 2. The van der Waals surface area contributed by atoms with Crippen LogP contribution >= 0.6 is 11.3 Å². The Morgan fingerprint density at radius 2 is 2.24 bits per heavy atom. The lowest BCUT2D eigenvalue weighted by Gasteiger charge is -2.05. The molecular weight excluding hydrogens is 260 g/mol. The number of nitrogens with one attached hydrogen (secondary N) is 1. The second-order valence-electron chi connectivity index (χ2n) is 3.37. The van der Waals surface area contributed by atoms with Crippen molar-refractivity contribution in [2.45, 2.75) is 10.8 Å². The lowest BCUT2D eigenvalue weighted by molar-refractivity contribution is 0.602. The normalized spacial score (nSPS) is 11.6. The van der Waals surface area contributed by atoms with Gasteiger partial charge in [-0.3, -0.25) is 9.40 Å². The van der Waals surface area contributed by atoms with Gasteiger partial charge in [0.15, 0.2) is 0 Å². The molecule has 2 rings (SSSR count). The zero-order chi connectivity index (χ0) is 12.5. The monoisotopic (exact) mass is 272 g/mol. The smallest absolute Gasteiger partial charge is 0.272 e. The third-order valence-corrected chi connectivity index (χ3v) is 5.12. The molecular formula is C9H12N4O2S2. The minimum Gasteiger partial charge on any atom is -0.326 e. The molecule has 0 aliphatic carbocycles. The molecule has 0 radical (unpaired) electrons. The van der Waals surface area contributed by atoms with Crippen molar-refractivity contribution in [2.24, 2.45) is 12.8 Å². The molecule has 8 heteroatoms. The molecule has 3 N–H and O–H groups in total. The van der Waals surface area contributed by atoms with Crippen LogP contribution in [0.5, 0.6) is 0 Å². The van der Waals surface area contributed by atoms with Crippen LogP contribution in [0.3, 0.4) is 0 Å². The molecule has 0 aliphatic rings. The maximum absolute atomic E-state index is 12.0. The zero-order valence-electron chi connectivity index (χ0n) is 9.12. The van der Waals surface area contributed by atoms with Gasteiger partial charge in [-0.05, 0) is 12.1 Å². The van der Waals surface area contributed by atoms with Crippen molar-refractivity contribution < 1.29 is 8.42 Å². The maximum atomic E-state index is 12.0. The van der Waals surface area contributed by atoms with Gasteiger partial charge in [0.2, 0.25) is 0 Å². The molecule has 2 heterocycles. The summed E-state index contributed by atoms with van der Waals surface area (Å²) >= 11 is 1.16. The van der Waals surface area contributed by atoms with Crippen LogP contribution in [0.4, 0.5) is 5.82 Å². The summed E-state index contributed by atoms with van der Waals surface area (Å²) in [6.07, 6.45) is 1.53. The van der Waals surface area contributed by atoms with E-state index in [0.717, 1.165) is 16.2 Å². The number of hydrogen-bond acceptors (Lipinski definition) is 5.